The molecule has 0 fully saturated rings. The molecule has 96 valence electrons. The molecule has 0 radical (unpaired) electrons. The van der Waals surface area contributed by atoms with Crippen molar-refractivity contribution in [1.29, 1.82) is 0 Å². The van der Waals surface area contributed by atoms with E-state index >= 15 is 0 Å². The van der Waals surface area contributed by atoms with Crippen LogP contribution in [-0.4, -0.2) is 19.6 Å². The van der Waals surface area contributed by atoms with Crippen molar-refractivity contribution in [3.8, 4) is 0 Å². The molecule has 3 N–H and O–H groups in total. The van der Waals surface area contributed by atoms with Crippen molar-refractivity contribution in [3.63, 3.8) is 0 Å². The van der Waals surface area contributed by atoms with Crippen molar-refractivity contribution < 1.29 is 0 Å². The molecule has 0 aliphatic rings. The fourth-order valence-electron chi connectivity index (χ4n) is 1.75. The zero-order chi connectivity index (χ0) is 12.7. The van der Waals surface area contributed by atoms with E-state index in [0.717, 1.165) is 32.5 Å². The molecule has 0 amide bonds. The third-order valence-electron chi connectivity index (χ3n) is 3.20. The smallest absolute Gasteiger partial charge is 0.000835 e. The average Bonchev–Trinajstić information content (AvgIpc) is 2.29. The molecule has 0 unspecified atom stereocenters. The van der Waals surface area contributed by atoms with Crippen molar-refractivity contribution in [3.05, 3.63) is 35.4 Å². The van der Waals surface area contributed by atoms with Crippen LogP contribution in [-0.2, 0) is 6.42 Å². The van der Waals surface area contributed by atoms with Crippen LogP contribution in [0.2, 0.25) is 0 Å². The molecule has 2 nitrogen and oxygen atoms in total. The molecule has 0 aliphatic heterocycles. The Morgan fingerprint density at radius 3 is 2.65 bits per heavy atom. The Kier molecular flexibility index (Phi) is 5.66. The second kappa shape index (κ2) is 6.77. The van der Waals surface area contributed by atoms with E-state index in [0.29, 0.717) is 0 Å². The van der Waals surface area contributed by atoms with Gasteiger partial charge in [-0.3, -0.25) is 0 Å². The summed E-state index contributed by atoms with van der Waals surface area (Å²) in [5, 5.41) is 3.49. The lowest BCUT2D eigenvalue weighted by Crippen LogP contribution is -2.29. The van der Waals surface area contributed by atoms with Gasteiger partial charge in [-0.05, 0) is 50.4 Å². The van der Waals surface area contributed by atoms with Gasteiger partial charge in [0.15, 0.2) is 0 Å². The Bertz CT molecular complexity index is 331. The van der Waals surface area contributed by atoms with Crippen LogP contribution in [0, 0.1) is 12.3 Å². The number of hydrogen-bond donors (Lipinski definition) is 2. The quantitative estimate of drug-likeness (QED) is 0.711. The number of rotatable bonds is 7. The predicted molar refractivity (Wildman–Crippen MR) is 75.2 cm³/mol. The van der Waals surface area contributed by atoms with Crippen LogP contribution in [0.1, 0.15) is 31.4 Å². The molecule has 0 heterocycles. The predicted octanol–water partition coefficient (Wildman–Crippen LogP) is 2.50. The van der Waals surface area contributed by atoms with E-state index < -0.39 is 0 Å². The third kappa shape index (κ3) is 5.85. The highest BCUT2D eigenvalue weighted by atomic mass is 14.8. The molecule has 0 aromatic heterocycles. The molecule has 0 spiro atoms. The molecule has 1 aromatic carbocycles. The van der Waals surface area contributed by atoms with Gasteiger partial charge in [-0.25, -0.2) is 0 Å². The summed E-state index contributed by atoms with van der Waals surface area (Å²) in [7, 11) is 0. The topological polar surface area (TPSA) is 38.0 Å². The Labute approximate surface area is 106 Å². The Hall–Kier alpha value is -0.860. The van der Waals surface area contributed by atoms with Gasteiger partial charge in [0.05, 0.1) is 0 Å². The Morgan fingerprint density at radius 2 is 2.00 bits per heavy atom. The maximum atomic E-state index is 5.70. The third-order valence-corrected chi connectivity index (χ3v) is 3.20. The first-order chi connectivity index (χ1) is 8.03. The maximum absolute atomic E-state index is 5.70. The molecule has 1 rings (SSSR count). The molecular weight excluding hydrogens is 208 g/mol. The molecule has 2 heteroatoms. The summed E-state index contributed by atoms with van der Waals surface area (Å²) >= 11 is 0. The van der Waals surface area contributed by atoms with Crippen LogP contribution in [0.3, 0.4) is 0 Å². The van der Waals surface area contributed by atoms with Gasteiger partial charge in [0.1, 0.15) is 0 Å². The second-order valence-corrected chi connectivity index (χ2v) is 5.61. The molecular formula is C15H26N2. The van der Waals surface area contributed by atoms with Crippen LogP contribution in [0.25, 0.3) is 0 Å². The lowest BCUT2D eigenvalue weighted by atomic mass is 9.90. The largest absolute Gasteiger partial charge is 0.330 e. The first-order valence-corrected chi connectivity index (χ1v) is 6.50. The SMILES string of the molecule is Cc1cccc(CCNCCC(C)(C)CN)c1. The lowest BCUT2D eigenvalue weighted by molar-refractivity contribution is 0.340. The fraction of sp³-hybridized carbons (Fsp3) is 0.600. The van der Waals surface area contributed by atoms with Gasteiger partial charge in [0, 0.05) is 0 Å². The molecule has 0 atom stereocenters. The van der Waals surface area contributed by atoms with E-state index in [1.165, 1.54) is 11.1 Å². The summed E-state index contributed by atoms with van der Waals surface area (Å²) in [5.41, 5.74) is 8.71. The van der Waals surface area contributed by atoms with E-state index in [4.69, 9.17) is 5.73 Å². The highest BCUT2D eigenvalue weighted by Gasteiger charge is 2.13. The maximum Gasteiger partial charge on any atom is -0.000835 e. The number of nitrogens with two attached hydrogens (primary N) is 1. The van der Waals surface area contributed by atoms with Crippen molar-refractivity contribution >= 4 is 0 Å². The summed E-state index contributed by atoms with van der Waals surface area (Å²) in [5.74, 6) is 0. The summed E-state index contributed by atoms with van der Waals surface area (Å²) in [6.45, 7) is 9.43. The van der Waals surface area contributed by atoms with Crippen LogP contribution in [0.5, 0.6) is 0 Å². The van der Waals surface area contributed by atoms with E-state index in [1.54, 1.807) is 0 Å². The summed E-state index contributed by atoms with van der Waals surface area (Å²) in [6, 6.07) is 8.72. The van der Waals surface area contributed by atoms with Crippen LogP contribution >= 0.6 is 0 Å². The van der Waals surface area contributed by atoms with Crippen LogP contribution in [0.4, 0.5) is 0 Å². The molecule has 17 heavy (non-hydrogen) atoms. The van der Waals surface area contributed by atoms with Crippen molar-refractivity contribution in [2.45, 2.75) is 33.6 Å². The number of benzene rings is 1. The minimum absolute atomic E-state index is 0.260. The van der Waals surface area contributed by atoms with Gasteiger partial charge in [0.2, 0.25) is 0 Å². The monoisotopic (exact) mass is 234 g/mol. The number of hydrogen-bond acceptors (Lipinski definition) is 2. The van der Waals surface area contributed by atoms with Gasteiger partial charge >= 0.3 is 0 Å². The molecule has 0 bridgehead atoms. The van der Waals surface area contributed by atoms with Gasteiger partial charge in [-0.1, -0.05) is 43.7 Å². The first kappa shape index (κ1) is 14.2. The van der Waals surface area contributed by atoms with E-state index in [1.807, 2.05) is 0 Å². The standard InChI is InChI=1S/C15H26N2/c1-13-5-4-6-14(11-13)7-9-17-10-8-15(2,3)12-16/h4-6,11,17H,7-10,12,16H2,1-3H3. The highest BCUT2D eigenvalue weighted by molar-refractivity contribution is 5.22. The van der Waals surface area contributed by atoms with Crippen molar-refractivity contribution in [2.75, 3.05) is 19.6 Å². The van der Waals surface area contributed by atoms with Gasteiger partial charge in [-0.15, -0.1) is 0 Å². The second-order valence-electron chi connectivity index (χ2n) is 5.61. The zero-order valence-corrected chi connectivity index (χ0v) is 11.4. The highest BCUT2D eigenvalue weighted by Crippen LogP contribution is 2.16. The Balaban J connectivity index is 2.17. The normalized spacial score (nSPS) is 11.8. The molecule has 0 aliphatic carbocycles. The summed E-state index contributed by atoms with van der Waals surface area (Å²) in [6.07, 6.45) is 2.24. The first-order valence-electron chi connectivity index (χ1n) is 6.50. The summed E-state index contributed by atoms with van der Waals surface area (Å²) in [4.78, 5) is 0. The Morgan fingerprint density at radius 1 is 1.24 bits per heavy atom. The molecule has 0 saturated carbocycles. The minimum atomic E-state index is 0.260. The van der Waals surface area contributed by atoms with Crippen LogP contribution < -0.4 is 11.1 Å². The number of nitrogens with one attached hydrogen (secondary N) is 1. The molecule has 0 saturated heterocycles. The zero-order valence-electron chi connectivity index (χ0n) is 11.4. The molecule has 1 aromatic rings. The van der Waals surface area contributed by atoms with Crippen molar-refractivity contribution in [2.24, 2.45) is 11.1 Å². The van der Waals surface area contributed by atoms with Gasteiger partial charge < -0.3 is 11.1 Å². The van der Waals surface area contributed by atoms with Gasteiger partial charge in [0.25, 0.3) is 0 Å². The summed E-state index contributed by atoms with van der Waals surface area (Å²) < 4.78 is 0. The fourth-order valence-corrected chi connectivity index (χ4v) is 1.75. The van der Waals surface area contributed by atoms with Crippen LogP contribution in [0.15, 0.2) is 24.3 Å². The van der Waals surface area contributed by atoms with E-state index in [2.05, 4.69) is 50.4 Å². The van der Waals surface area contributed by atoms with E-state index in [-0.39, 0.29) is 5.41 Å². The lowest BCUT2D eigenvalue weighted by Gasteiger charge is -2.22. The average molecular weight is 234 g/mol. The van der Waals surface area contributed by atoms with E-state index in [9.17, 15) is 0 Å². The van der Waals surface area contributed by atoms with Gasteiger partial charge in [-0.2, -0.15) is 0 Å². The van der Waals surface area contributed by atoms with Crippen molar-refractivity contribution in [1.82, 2.24) is 5.32 Å². The minimum Gasteiger partial charge on any atom is -0.330 e. The number of aryl methyl sites for hydroxylation is 1.